The maximum Gasteiger partial charge on any atom is 0.123 e. The van der Waals surface area contributed by atoms with E-state index in [1.165, 1.54) is 50.5 Å². The van der Waals surface area contributed by atoms with E-state index < -0.39 is 0 Å². The van der Waals surface area contributed by atoms with Crippen LogP contribution in [0.4, 0.5) is 4.39 Å². The molecule has 0 unspecified atom stereocenters. The van der Waals surface area contributed by atoms with E-state index in [1.54, 1.807) is 17.7 Å². The van der Waals surface area contributed by atoms with Crippen LogP contribution in [0.3, 0.4) is 0 Å². The van der Waals surface area contributed by atoms with Gasteiger partial charge in [0.15, 0.2) is 0 Å². The fourth-order valence-corrected chi connectivity index (χ4v) is 4.03. The average Bonchev–Trinajstić information content (AvgIpc) is 2.47. The third-order valence-corrected chi connectivity index (χ3v) is 5.20. The minimum absolute atomic E-state index is 0.104. The van der Waals surface area contributed by atoms with Crippen LogP contribution >= 0.6 is 0 Å². The summed E-state index contributed by atoms with van der Waals surface area (Å²) >= 11 is 0. The average molecular weight is 272 g/mol. The van der Waals surface area contributed by atoms with Crippen LogP contribution in [0.1, 0.15) is 63.0 Å². The Bertz CT molecular complexity index is 492. The van der Waals surface area contributed by atoms with Crippen molar-refractivity contribution in [3.05, 3.63) is 40.7 Å². The Morgan fingerprint density at radius 3 is 2.65 bits per heavy atom. The number of fused-ring (bicyclic) bond motifs is 1. The summed E-state index contributed by atoms with van der Waals surface area (Å²) in [5.74, 6) is 1.62. The molecule has 0 radical (unpaired) electrons. The molecule has 0 amide bonds. The topological polar surface area (TPSA) is 0 Å². The second kappa shape index (κ2) is 6.11. The molecule has 0 aromatic heterocycles. The number of benzene rings is 1. The summed E-state index contributed by atoms with van der Waals surface area (Å²) in [7, 11) is 0. The highest BCUT2D eigenvalue weighted by Crippen LogP contribution is 2.39. The van der Waals surface area contributed by atoms with Gasteiger partial charge in [0.1, 0.15) is 5.82 Å². The Morgan fingerprint density at radius 2 is 1.90 bits per heavy atom. The first-order chi connectivity index (χ1) is 9.76. The van der Waals surface area contributed by atoms with Crippen molar-refractivity contribution in [1.29, 1.82) is 0 Å². The van der Waals surface area contributed by atoms with Crippen LogP contribution in [0.25, 0.3) is 6.08 Å². The zero-order chi connectivity index (χ0) is 13.9. The number of hydrogen-bond acceptors (Lipinski definition) is 0. The molecule has 1 fully saturated rings. The Kier molecular flexibility index (Phi) is 4.24. The van der Waals surface area contributed by atoms with Gasteiger partial charge in [-0.1, -0.05) is 37.5 Å². The summed E-state index contributed by atoms with van der Waals surface area (Å²) in [5.41, 5.74) is 4.02. The lowest BCUT2D eigenvalue weighted by atomic mass is 9.74. The summed E-state index contributed by atoms with van der Waals surface area (Å²) in [5, 5.41) is 0. The molecule has 0 bridgehead atoms. The van der Waals surface area contributed by atoms with Gasteiger partial charge in [0.2, 0.25) is 0 Å². The molecule has 1 aromatic rings. The lowest BCUT2D eigenvalue weighted by Gasteiger charge is -2.31. The molecular formula is C19H25F. The van der Waals surface area contributed by atoms with Crippen molar-refractivity contribution in [1.82, 2.24) is 0 Å². The van der Waals surface area contributed by atoms with Gasteiger partial charge in [0.25, 0.3) is 0 Å². The van der Waals surface area contributed by atoms with E-state index in [4.69, 9.17) is 0 Å². The van der Waals surface area contributed by atoms with Crippen LogP contribution in [0.5, 0.6) is 0 Å². The quantitative estimate of drug-likeness (QED) is 0.656. The van der Waals surface area contributed by atoms with Crippen molar-refractivity contribution in [2.75, 3.05) is 0 Å². The van der Waals surface area contributed by atoms with E-state index in [0.29, 0.717) is 0 Å². The maximum absolute atomic E-state index is 13.4. The molecular weight excluding hydrogens is 247 g/mol. The Balaban J connectivity index is 1.70. The lowest BCUT2D eigenvalue weighted by molar-refractivity contribution is 0.283. The molecule has 1 heteroatoms. The SMILES string of the molecule is CCCC1CCC(C2=Cc3cc(F)ccc3CC2)CC1. The number of rotatable bonds is 3. The molecule has 0 aliphatic heterocycles. The number of allylic oxidation sites excluding steroid dienone is 1. The predicted molar refractivity (Wildman–Crippen MR) is 83.1 cm³/mol. The molecule has 1 saturated carbocycles. The Hall–Kier alpha value is -1.11. The molecule has 0 saturated heterocycles. The number of halogens is 1. The highest BCUT2D eigenvalue weighted by molar-refractivity contribution is 5.60. The van der Waals surface area contributed by atoms with Crippen LogP contribution in [0, 0.1) is 17.7 Å². The van der Waals surface area contributed by atoms with Crippen molar-refractivity contribution in [3.8, 4) is 0 Å². The van der Waals surface area contributed by atoms with Gasteiger partial charge in [-0.15, -0.1) is 0 Å². The van der Waals surface area contributed by atoms with Gasteiger partial charge in [-0.2, -0.15) is 0 Å². The summed E-state index contributed by atoms with van der Waals surface area (Å²) in [6.45, 7) is 2.29. The smallest absolute Gasteiger partial charge is 0.123 e. The first-order valence-electron chi connectivity index (χ1n) is 8.25. The van der Waals surface area contributed by atoms with E-state index in [1.807, 2.05) is 6.07 Å². The third-order valence-electron chi connectivity index (χ3n) is 5.20. The van der Waals surface area contributed by atoms with Crippen LogP contribution in [-0.2, 0) is 6.42 Å². The van der Waals surface area contributed by atoms with Crippen molar-refractivity contribution in [3.63, 3.8) is 0 Å². The lowest BCUT2D eigenvalue weighted by Crippen LogP contribution is -2.17. The van der Waals surface area contributed by atoms with E-state index >= 15 is 0 Å². The predicted octanol–water partition coefficient (Wildman–Crippen LogP) is 5.76. The van der Waals surface area contributed by atoms with E-state index in [-0.39, 0.29) is 5.82 Å². The standard InChI is InChI=1S/C19H25F/c1-2-3-14-4-6-15(7-5-14)17-9-8-16-10-11-19(20)13-18(16)12-17/h10-15H,2-9H2,1H3. The van der Waals surface area contributed by atoms with Gasteiger partial charge < -0.3 is 0 Å². The van der Waals surface area contributed by atoms with Crippen molar-refractivity contribution >= 4 is 6.08 Å². The van der Waals surface area contributed by atoms with Gasteiger partial charge >= 0.3 is 0 Å². The van der Waals surface area contributed by atoms with Crippen LogP contribution < -0.4 is 0 Å². The molecule has 2 aliphatic rings. The summed E-state index contributed by atoms with van der Waals surface area (Å²) in [4.78, 5) is 0. The molecule has 0 heterocycles. The zero-order valence-corrected chi connectivity index (χ0v) is 12.5. The van der Waals surface area contributed by atoms with Gasteiger partial charge in [-0.05, 0) is 73.6 Å². The highest BCUT2D eigenvalue weighted by Gasteiger charge is 2.24. The number of hydrogen-bond donors (Lipinski definition) is 0. The Labute approximate surface area is 122 Å². The van der Waals surface area contributed by atoms with E-state index in [2.05, 4.69) is 13.0 Å². The van der Waals surface area contributed by atoms with Gasteiger partial charge in [0.05, 0.1) is 0 Å². The molecule has 3 rings (SSSR count). The van der Waals surface area contributed by atoms with Crippen molar-refractivity contribution < 1.29 is 4.39 Å². The number of aryl methyl sites for hydroxylation is 1. The highest BCUT2D eigenvalue weighted by atomic mass is 19.1. The van der Waals surface area contributed by atoms with Crippen molar-refractivity contribution in [2.24, 2.45) is 11.8 Å². The minimum Gasteiger partial charge on any atom is -0.207 e. The van der Waals surface area contributed by atoms with Gasteiger partial charge in [-0.25, -0.2) is 4.39 Å². The molecule has 0 N–H and O–H groups in total. The summed E-state index contributed by atoms with van der Waals surface area (Å²) < 4.78 is 13.4. The fraction of sp³-hybridized carbons (Fsp3) is 0.579. The molecule has 2 aliphatic carbocycles. The monoisotopic (exact) mass is 272 g/mol. The van der Waals surface area contributed by atoms with Gasteiger partial charge in [0, 0.05) is 0 Å². The molecule has 0 atom stereocenters. The van der Waals surface area contributed by atoms with E-state index in [0.717, 1.165) is 23.8 Å². The third kappa shape index (κ3) is 2.97. The van der Waals surface area contributed by atoms with Crippen molar-refractivity contribution in [2.45, 2.75) is 58.3 Å². The maximum atomic E-state index is 13.4. The molecule has 20 heavy (non-hydrogen) atoms. The molecule has 108 valence electrons. The largest absolute Gasteiger partial charge is 0.207 e. The van der Waals surface area contributed by atoms with Crippen LogP contribution in [-0.4, -0.2) is 0 Å². The summed E-state index contributed by atoms with van der Waals surface area (Å²) in [6, 6.07) is 5.25. The summed E-state index contributed by atoms with van der Waals surface area (Å²) in [6.07, 6.45) is 12.8. The normalized spacial score (nSPS) is 26.0. The first kappa shape index (κ1) is 13.9. The van der Waals surface area contributed by atoms with Gasteiger partial charge in [-0.3, -0.25) is 0 Å². The molecule has 0 spiro atoms. The second-order valence-electron chi connectivity index (χ2n) is 6.57. The van der Waals surface area contributed by atoms with E-state index in [9.17, 15) is 4.39 Å². The minimum atomic E-state index is -0.104. The zero-order valence-electron chi connectivity index (χ0n) is 12.5. The fourth-order valence-electron chi connectivity index (χ4n) is 4.03. The molecule has 0 nitrogen and oxygen atoms in total. The van der Waals surface area contributed by atoms with Crippen LogP contribution in [0.15, 0.2) is 23.8 Å². The van der Waals surface area contributed by atoms with Crippen LogP contribution in [0.2, 0.25) is 0 Å². The Morgan fingerprint density at radius 1 is 1.10 bits per heavy atom. The molecule has 1 aromatic carbocycles. The first-order valence-corrected chi connectivity index (χ1v) is 8.25. The second-order valence-corrected chi connectivity index (χ2v) is 6.57.